The van der Waals surface area contributed by atoms with Gasteiger partial charge >= 0.3 is 0 Å². The van der Waals surface area contributed by atoms with Crippen molar-refractivity contribution in [3.63, 3.8) is 0 Å². The Hall–Kier alpha value is -2.94. The number of benzene rings is 1. The number of phenols is 2. The highest BCUT2D eigenvalue weighted by Crippen LogP contribution is 2.34. The van der Waals surface area contributed by atoms with E-state index >= 15 is 0 Å². The molecule has 1 rings (SSSR count). The second-order valence-electron chi connectivity index (χ2n) is 11.6. The Morgan fingerprint density at radius 3 is 1.32 bits per heavy atom. The first-order valence-corrected chi connectivity index (χ1v) is 15.0. The third-order valence-electron chi connectivity index (χ3n) is 7.25. The molecule has 0 fully saturated rings. The van der Waals surface area contributed by atoms with E-state index in [9.17, 15) is 10.2 Å². The molecule has 40 heavy (non-hydrogen) atoms. The van der Waals surface area contributed by atoms with Crippen LogP contribution in [0.3, 0.4) is 0 Å². The van der Waals surface area contributed by atoms with Crippen molar-refractivity contribution in [3.05, 3.63) is 87.6 Å². The highest BCUT2D eigenvalue weighted by atomic mass is 16.5. The van der Waals surface area contributed by atoms with Crippen molar-refractivity contribution in [1.29, 1.82) is 0 Å². The topological polar surface area (TPSA) is 49.7 Å². The summed E-state index contributed by atoms with van der Waals surface area (Å²) in [5.41, 5.74) is 9.28. The predicted octanol–water partition coefficient (Wildman–Crippen LogP) is 11.2. The van der Waals surface area contributed by atoms with Crippen molar-refractivity contribution in [2.45, 2.75) is 119 Å². The fraction of sp³-hybridized carbons (Fsp3) is 0.514. The molecule has 0 radical (unpaired) electrons. The van der Waals surface area contributed by atoms with Crippen LogP contribution < -0.4 is 4.74 Å². The molecule has 0 atom stereocenters. The van der Waals surface area contributed by atoms with E-state index in [-0.39, 0.29) is 11.5 Å². The molecule has 0 aliphatic rings. The van der Waals surface area contributed by atoms with Crippen molar-refractivity contribution < 1.29 is 14.9 Å². The van der Waals surface area contributed by atoms with Gasteiger partial charge in [-0.1, -0.05) is 69.9 Å². The van der Waals surface area contributed by atoms with Crippen LogP contribution in [0, 0.1) is 0 Å². The molecular formula is C37H56O3. The van der Waals surface area contributed by atoms with E-state index < -0.39 is 0 Å². The number of methoxy groups -OCH3 is 1. The fourth-order valence-corrected chi connectivity index (χ4v) is 4.53. The van der Waals surface area contributed by atoms with E-state index in [1.807, 2.05) is 0 Å². The summed E-state index contributed by atoms with van der Waals surface area (Å²) in [6.07, 6.45) is 25.7. The monoisotopic (exact) mass is 548 g/mol. The molecule has 3 heteroatoms. The summed E-state index contributed by atoms with van der Waals surface area (Å²) >= 11 is 0. The van der Waals surface area contributed by atoms with Crippen LogP contribution in [-0.2, 0) is 6.42 Å². The standard InChI is InChI=1S/C37H56O3/c1-28(2)14-9-15-29(3)16-10-17-30(4)18-11-19-31(5)20-12-21-32(6)22-13-23-33(7)24-25-34-26-35(38)27-36(40-8)37(34)39/h14,16,18,20,22,24,26-27,38-39H,9-13,15,17,19,21,23,25H2,1-8H3/b29-16+,30-18+,31-20+,32-22+,33-24+. The van der Waals surface area contributed by atoms with E-state index in [4.69, 9.17) is 4.74 Å². The Kier molecular flexibility index (Phi) is 17.6. The molecule has 1 aromatic rings. The smallest absolute Gasteiger partial charge is 0.164 e. The summed E-state index contributed by atoms with van der Waals surface area (Å²) in [4.78, 5) is 0. The van der Waals surface area contributed by atoms with Crippen LogP contribution in [0.25, 0.3) is 0 Å². The second kappa shape index (κ2) is 20.0. The molecule has 1 aromatic carbocycles. The Morgan fingerprint density at radius 1 is 0.575 bits per heavy atom. The number of allylic oxidation sites excluding steroid dienone is 12. The van der Waals surface area contributed by atoms with Crippen LogP contribution in [0.2, 0.25) is 0 Å². The van der Waals surface area contributed by atoms with Gasteiger partial charge in [-0.05, 0) is 125 Å². The zero-order valence-corrected chi connectivity index (χ0v) is 26.7. The molecule has 0 aliphatic heterocycles. The number of hydrogen-bond donors (Lipinski definition) is 2. The molecular weight excluding hydrogens is 492 g/mol. The molecule has 0 heterocycles. The van der Waals surface area contributed by atoms with Crippen LogP contribution in [0.1, 0.15) is 118 Å². The van der Waals surface area contributed by atoms with Gasteiger partial charge in [0.05, 0.1) is 7.11 Å². The third kappa shape index (κ3) is 16.2. The van der Waals surface area contributed by atoms with Gasteiger partial charge in [0.15, 0.2) is 11.5 Å². The maximum absolute atomic E-state index is 10.3. The lowest BCUT2D eigenvalue weighted by molar-refractivity contribution is 0.366. The van der Waals surface area contributed by atoms with E-state index in [1.54, 1.807) is 6.07 Å². The average Bonchev–Trinajstić information content (AvgIpc) is 2.88. The first-order chi connectivity index (χ1) is 19.0. The van der Waals surface area contributed by atoms with Gasteiger partial charge in [0, 0.05) is 11.6 Å². The minimum absolute atomic E-state index is 0.0961. The lowest BCUT2D eigenvalue weighted by atomic mass is 10.0. The summed E-state index contributed by atoms with van der Waals surface area (Å²) in [5.74, 6) is 0.499. The maximum atomic E-state index is 10.3. The predicted molar refractivity (Wildman–Crippen MR) is 174 cm³/mol. The molecule has 0 amide bonds. The number of hydrogen-bond acceptors (Lipinski definition) is 3. The normalized spacial score (nSPS) is 13.6. The van der Waals surface area contributed by atoms with Gasteiger partial charge in [-0.2, -0.15) is 0 Å². The minimum Gasteiger partial charge on any atom is -0.508 e. The summed E-state index contributed by atoms with van der Waals surface area (Å²) in [6, 6.07) is 3.02. The first-order valence-electron chi connectivity index (χ1n) is 15.0. The van der Waals surface area contributed by atoms with E-state index in [0.29, 0.717) is 17.7 Å². The molecule has 0 saturated heterocycles. The zero-order chi connectivity index (χ0) is 29.9. The minimum atomic E-state index is 0.0961. The summed E-state index contributed by atoms with van der Waals surface area (Å²) < 4.78 is 5.13. The van der Waals surface area contributed by atoms with Crippen LogP contribution in [-0.4, -0.2) is 17.3 Å². The van der Waals surface area contributed by atoms with Gasteiger partial charge in [0.25, 0.3) is 0 Å². The van der Waals surface area contributed by atoms with Gasteiger partial charge in [-0.15, -0.1) is 0 Å². The van der Waals surface area contributed by atoms with Crippen molar-refractivity contribution in [2.75, 3.05) is 7.11 Å². The lowest BCUT2D eigenvalue weighted by Crippen LogP contribution is -1.90. The van der Waals surface area contributed by atoms with Crippen molar-refractivity contribution in [2.24, 2.45) is 0 Å². The Labute approximate surface area is 245 Å². The van der Waals surface area contributed by atoms with Crippen LogP contribution in [0.4, 0.5) is 0 Å². The van der Waals surface area contributed by atoms with Crippen molar-refractivity contribution >= 4 is 0 Å². The van der Waals surface area contributed by atoms with Crippen LogP contribution in [0.5, 0.6) is 17.2 Å². The van der Waals surface area contributed by atoms with Crippen molar-refractivity contribution in [1.82, 2.24) is 0 Å². The Balaban J connectivity index is 2.33. The summed E-state index contributed by atoms with van der Waals surface area (Å²) in [5, 5.41) is 20.1. The molecule has 0 spiro atoms. The Morgan fingerprint density at radius 2 is 0.950 bits per heavy atom. The molecule has 2 N–H and O–H groups in total. The van der Waals surface area contributed by atoms with Crippen LogP contribution >= 0.6 is 0 Å². The molecule has 0 aliphatic carbocycles. The van der Waals surface area contributed by atoms with E-state index in [1.165, 1.54) is 53.0 Å². The fourth-order valence-electron chi connectivity index (χ4n) is 4.53. The quantitative estimate of drug-likeness (QED) is 0.142. The number of aromatic hydroxyl groups is 2. The van der Waals surface area contributed by atoms with Gasteiger partial charge in [0.2, 0.25) is 0 Å². The number of ether oxygens (including phenoxy) is 1. The van der Waals surface area contributed by atoms with Gasteiger partial charge in [-0.3, -0.25) is 0 Å². The zero-order valence-electron chi connectivity index (χ0n) is 26.7. The Bertz CT molecular complexity index is 1090. The molecule has 0 unspecified atom stereocenters. The highest BCUT2D eigenvalue weighted by Gasteiger charge is 2.09. The molecule has 3 nitrogen and oxygen atoms in total. The van der Waals surface area contributed by atoms with Gasteiger partial charge < -0.3 is 14.9 Å². The highest BCUT2D eigenvalue weighted by molar-refractivity contribution is 5.51. The summed E-state index contributed by atoms with van der Waals surface area (Å²) in [7, 11) is 1.49. The number of phenolic OH excluding ortho intramolecular Hbond substituents is 2. The SMILES string of the molecule is COc1cc(O)cc(C/C=C(\C)CC/C=C(\C)CC/C=C(\C)CC/C=C(\C)CC/C=C(\C)CCC=C(C)C)c1O. The average molecular weight is 549 g/mol. The third-order valence-corrected chi connectivity index (χ3v) is 7.25. The largest absolute Gasteiger partial charge is 0.508 e. The molecule has 0 saturated carbocycles. The van der Waals surface area contributed by atoms with Gasteiger partial charge in [-0.25, -0.2) is 0 Å². The molecule has 0 aromatic heterocycles. The number of rotatable bonds is 18. The summed E-state index contributed by atoms with van der Waals surface area (Å²) in [6.45, 7) is 15.5. The van der Waals surface area contributed by atoms with E-state index in [0.717, 1.165) is 57.8 Å². The van der Waals surface area contributed by atoms with Gasteiger partial charge in [0.1, 0.15) is 5.75 Å². The van der Waals surface area contributed by atoms with Crippen molar-refractivity contribution in [3.8, 4) is 17.2 Å². The molecule has 0 bridgehead atoms. The van der Waals surface area contributed by atoms with Crippen LogP contribution in [0.15, 0.2) is 82.0 Å². The maximum Gasteiger partial charge on any atom is 0.164 e. The molecule has 222 valence electrons. The first kappa shape index (κ1) is 35.1. The second-order valence-corrected chi connectivity index (χ2v) is 11.6. The lowest BCUT2D eigenvalue weighted by Gasteiger charge is -2.09. The van der Waals surface area contributed by atoms with E-state index in [2.05, 4.69) is 84.9 Å².